The number of ketones is 1. The summed E-state index contributed by atoms with van der Waals surface area (Å²) in [6.45, 7) is -2.67. The number of aromatic nitrogens is 1. The molecule has 1 heterocycles. The molecule has 0 amide bonds. The second-order valence-corrected chi connectivity index (χ2v) is 4.31. The fraction of sp³-hybridized carbons (Fsp3) is 0.200. The molecule has 2 rings (SSSR count). The summed E-state index contributed by atoms with van der Waals surface area (Å²) in [6, 6.07) is 6.07. The summed E-state index contributed by atoms with van der Waals surface area (Å²) in [5.74, 6) is -0.231. The van der Waals surface area contributed by atoms with Crippen molar-refractivity contribution in [2.75, 3.05) is 14.2 Å². The third-order valence-corrected chi connectivity index (χ3v) is 3.15. The van der Waals surface area contributed by atoms with E-state index in [0.717, 1.165) is 0 Å². The lowest BCUT2D eigenvalue weighted by Crippen LogP contribution is -1.96. The quantitative estimate of drug-likeness (QED) is 0.808. The molecule has 0 fully saturated rings. The summed E-state index contributed by atoms with van der Waals surface area (Å²) in [6.07, 6.45) is 1.47. The van der Waals surface area contributed by atoms with Crippen LogP contribution in [0.1, 0.15) is 21.3 Å². The zero-order valence-corrected chi connectivity index (χ0v) is 11.7. The molecule has 0 saturated carbocycles. The zero-order valence-electron chi connectivity index (χ0n) is 13.9. The molecule has 0 aliphatic carbocycles. The van der Waals surface area contributed by atoms with Crippen LogP contribution in [-0.2, 0) is 0 Å². The smallest absolute Gasteiger partial charge is 0.233 e. The first-order valence-electron chi connectivity index (χ1n) is 7.21. The van der Waals surface area contributed by atoms with Crippen LogP contribution in [0, 0.1) is 0 Å². The van der Waals surface area contributed by atoms with Crippen molar-refractivity contribution in [1.82, 2.24) is 4.98 Å². The fourth-order valence-corrected chi connectivity index (χ4v) is 2.14. The average molecular weight is 295 g/mol. The van der Waals surface area contributed by atoms with Crippen LogP contribution < -0.4 is 9.47 Å². The highest BCUT2D eigenvalue weighted by Gasteiger charge is 2.16. The van der Waals surface area contributed by atoms with Gasteiger partial charge in [0.15, 0.2) is 5.78 Å². The zero-order chi connectivity index (χ0) is 17.2. The lowest BCUT2D eigenvalue weighted by molar-refractivity contribution is 0.101. The van der Waals surface area contributed by atoms with Crippen LogP contribution in [0.15, 0.2) is 30.5 Å². The topological polar surface area (TPSA) is 48.4 Å². The van der Waals surface area contributed by atoms with Gasteiger partial charge < -0.3 is 9.47 Å². The van der Waals surface area contributed by atoms with Gasteiger partial charge in [0.2, 0.25) is 5.88 Å². The second kappa shape index (κ2) is 5.92. The van der Waals surface area contributed by atoms with E-state index in [4.69, 9.17) is 25.2 Å². The molecule has 20 heavy (non-hydrogen) atoms. The fourth-order valence-electron chi connectivity index (χ4n) is 1.81. The number of methoxy groups -OCH3 is 2. The first-order chi connectivity index (χ1) is 10.8. The van der Waals surface area contributed by atoms with Crippen molar-refractivity contribution in [3.8, 4) is 22.8 Å². The summed E-state index contributed by atoms with van der Waals surface area (Å²) in [7, 11) is 2.93. The molecular weight excluding hydrogens is 278 g/mol. The number of rotatable bonds is 4. The summed E-state index contributed by atoms with van der Waals surface area (Å²) in [5, 5.41) is 0.266. The number of carbonyl (C=O) groups excluding carboxylic acids is 1. The Morgan fingerprint density at radius 1 is 1.25 bits per heavy atom. The lowest BCUT2D eigenvalue weighted by atomic mass is 10.0. The van der Waals surface area contributed by atoms with Crippen molar-refractivity contribution in [3.05, 3.63) is 41.0 Å². The minimum Gasteiger partial charge on any atom is -0.494 e. The number of carbonyl (C=O) groups is 1. The first-order valence-corrected chi connectivity index (χ1v) is 6.09. The summed E-state index contributed by atoms with van der Waals surface area (Å²) in [5.41, 5.74) is 1.30. The van der Waals surface area contributed by atoms with E-state index < -0.39 is 12.6 Å². The van der Waals surface area contributed by atoms with Crippen LogP contribution in [0.2, 0.25) is 5.02 Å². The number of hydrogen-bond acceptors (Lipinski definition) is 4. The van der Waals surface area contributed by atoms with Gasteiger partial charge in [0.1, 0.15) is 10.8 Å². The number of pyridine rings is 1. The van der Waals surface area contributed by atoms with Gasteiger partial charge >= 0.3 is 0 Å². The third kappa shape index (κ3) is 2.60. The molecule has 0 atom stereocenters. The van der Waals surface area contributed by atoms with Crippen molar-refractivity contribution < 1.29 is 18.4 Å². The first kappa shape index (κ1) is 10.7. The molecule has 0 N–H and O–H groups in total. The van der Waals surface area contributed by atoms with E-state index in [0.29, 0.717) is 16.9 Å². The number of ether oxygens (including phenoxy) is 2. The van der Waals surface area contributed by atoms with E-state index in [1.807, 2.05) is 0 Å². The predicted molar refractivity (Wildman–Crippen MR) is 77.8 cm³/mol. The van der Waals surface area contributed by atoms with Crippen LogP contribution in [0.4, 0.5) is 0 Å². The molecular formula is C15H14ClNO3. The molecule has 1 aromatic carbocycles. The Kier molecular flexibility index (Phi) is 3.17. The van der Waals surface area contributed by atoms with E-state index in [1.54, 1.807) is 12.1 Å². The minimum atomic E-state index is -2.67. The van der Waals surface area contributed by atoms with Crippen LogP contribution in [0.5, 0.6) is 11.6 Å². The number of benzene rings is 1. The normalized spacial score (nSPS) is 13.1. The Morgan fingerprint density at radius 3 is 2.50 bits per heavy atom. The molecule has 5 heteroatoms. The van der Waals surface area contributed by atoms with Crippen molar-refractivity contribution in [2.24, 2.45) is 0 Å². The molecule has 4 nitrogen and oxygen atoms in total. The number of hydrogen-bond donors (Lipinski definition) is 0. The SMILES string of the molecule is [2H]C([2H])([2H])C(=O)c1ccc(-c2c(OC)cnc(OC)c2Cl)cc1. The van der Waals surface area contributed by atoms with Gasteiger partial charge in [0.05, 0.1) is 20.4 Å². The Hall–Kier alpha value is -2.07. The van der Waals surface area contributed by atoms with Gasteiger partial charge in [0.25, 0.3) is 0 Å². The average Bonchev–Trinajstić information content (AvgIpc) is 2.53. The lowest BCUT2D eigenvalue weighted by Gasteiger charge is -2.12. The van der Waals surface area contributed by atoms with Crippen LogP contribution >= 0.6 is 11.6 Å². The Labute approximate surface area is 126 Å². The number of halogens is 1. The van der Waals surface area contributed by atoms with E-state index in [2.05, 4.69) is 4.98 Å². The maximum absolute atomic E-state index is 11.8. The van der Waals surface area contributed by atoms with Crippen LogP contribution in [0.25, 0.3) is 11.1 Å². The Bertz CT molecular complexity index is 730. The predicted octanol–water partition coefficient (Wildman–Crippen LogP) is 3.62. The third-order valence-electron chi connectivity index (χ3n) is 2.80. The molecule has 0 aliphatic rings. The van der Waals surface area contributed by atoms with E-state index in [1.165, 1.54) is 32.5 Å². The van der Waals surface area contributed by atoms with Crippen LogP contribution in [0.3, 0.4) is 0 Å². The Morgan fingerprint density at radius 2 is 1.95 bits per heavy atom. The summed E-state index contributed by atoms with van der Waals surface area (Å²) in [4.78, 5) is 15.8. The molecule has 0 radical (unpaired) electrons. The van der Waals surface area contributed by atoms with Gasteiger partial charge in [-0.2, -0.15) is 0 Å². The minimum absolute atomic E-state index is 0.102. The molecule has 0 bridgehead atoms. The maximum atomic E-state index is 11.8. The highest BCUT2D eigenvalue weighted by atomic mass is 35.5. The van der Waals surface area contributed by atoms with Crippen molar-refractivity contribution in [2.45, 2.75) is 6.85 Å². The van der Waals surface area contributed by atoms with Crippen molar-refractivity contribution in [1.29, 1.82) is 0 Å². The monoisotopic (exact) mass is 294 g/mol. The van der Waals surface area contributed by atoms with Gasteiger partial charge in [-0.3, -0.25) is 4.79 Å². The molecule has 0 spiro atoms. The van der Waals surface area contributed by atoms with Gasteiger partial charge in [0, 0.05) is 15.2 Å². The molecule has 0 unspecified atom stereocenters. The summed E-state index contributed by atoms with van der Waals surface area (Å²) >= 11 is 6.28. The molecule has 0 saturated heterocycles. The second-order valence-electron chi connectivity index (χ2n) is 3.93. The number of Topliss-reactive ketones (excluding diaryl/α,β-unsaturated/α-hetero) is 1. The van der Waals surface area contributed by atoms with Gasteiger partial charge in [-0.25, -0.2) is 4.98 Å². The highest BCUT2D eigenvalue weighted by Crippen LogP contribution is 2.40. The van der Waals surface area contributed by atoms with Crippen molar-refractivity contribution in [3.63, 3.8) is 0 Å². The van der Waals surface area contributed by atoms with E-state index in [-0.39, 0.29) is 16.5 Å². The van der Waals surface area contributed by atoms with Gasteiger partial charge in [-0.05, 0) is 12.4 Å². The molecule has 2 aromatic rings. The molecule has 1 aromatic heterocycles. The van der Waals surface area contributed by atoms with Crippen LogP contribution in [-0.4, -0.2) is 25.0 Å². The van der Waals surface area contributed by atoms with Gasteiger partial charge in [-0.1, -0.05) is 35.9 Å². The molecule has 0 aliphatic heterocycles. The Balaban J connectivity index is 2.50. The number of nitrogens with zero attached hydrogens (tertiary/aromatic N) is 1. The highest BCUT2D eigenvalue weighted by molar-refractivity contribution is 6.35. The van der Waals surface area contributed by atoms with E-state index in [9.17, 15) is 4.79 Å². The standard InChI is InChI=1S/C15H14ClNO3/c1-9(18)10-4-6-11(7-5-10)13-12(19-2)8-17-15(20-3)14(13)16/h4-8H,1-3H3/i1D3. The van der Waals surface area contributed by atoms with E-state index >= 15 is 0 Å². The van der Waals surface area contributed by atoms with Crippen molar-refractivity contribution >= 4 is 17.4 Å². The maximum Gasteiger partial charge on any atom is 0.233 e. The molecule has 104 valence electrons. The summed E-state index contributed by atoms with van der Waals surface area (Å²) < 4.78 is 31.8. The van der Waals surface area contributed by atoms with Gasteiger partial charge in [-0.15, -0.1) is 0 Å². The largest absolute Gasteiger partial charge is 0.494 e.